The SMILES string of the molecule is ON(Cc1ccc(Cl)cc1)Cc1ccc(Cl)cc1. The summed E-state index contributed by atoms with van der Waals surface area (Å²) < 4.78 is 0. The average Bonchev–Trinajstić information content (AvgIpc) is 2.35. The molecule has 0 heterocycles. The molecule has 94 valence electrons. The maximum atomic E-state index is 9.86. The second-order valence-electron chi connectivity index (χ2n) is 4.08. The summed E-state index contributed by atoms with van der Waals surface area (Å²) in [4.78, 5) is 0. The van der Waals surface area contributed by atoms with E-state index in [1.54, 1.807) is 0 Å². The molecule has 0 saturated heterocycles. The molecule has 0 aliphatic rings. The molecule has 0 fully saturated rings. The number of hydrogen-bond donors (Lipinski definition) is 1. The van der Waals surface area contributed by atoms with Crippen LogP contribution in [0.3, 0.4) is 0 Å². The molecule has 0 aliphatic carbocycles. The molecule has 0 aliphatic heterocycles. The summed E-state index contributed by atoms with van der Waals surface area (Å²) in [6.07, 6.45) is 0. The van der Waals surface area contributed by atoms with E-state index in [0.29, 0.717) is 23.1 Å². The van der Waals surface area contributed by atoms with Crippen LogP contribution in [-0.4, -0.2) is 10.3 Å². The highest BCUT2D eigenvalue weighted by molar-refractivity contribution is 6.30. The zero-order valence-corrected chi connectivity index (χ0v) is 11.2. The summed E-state index contributed by atoms with van der Waals surface area (Å²) in [6, 6.07) is 14.8. The fourth-order valence-corrected chi connectivity index (χ4v) is 1.91. The maximum Gasteiger partial charge on any atom is 0.0492 e. The van der Waals surface area contributed by atoms with Gasteiger partial charge in [-0.3, -0.25) is 0 Å². The Morgan fingerprint density at radius 3 is 1.39 bits per heavy atom. The van der Waals surface area contributed by atoms with Gasteiger partial charge in [0.1, 0.15) is 0 Å². The summed E-state index contributed by atoms with van der Waals surface area (Å²) >= 11 is 11.6. The molecular weight excluding hydrogens is 269 g/mol. The van der Waals surface area contributed by atoms with Crippen LogP contribution in [-0.2, 0) is 13.1 Å². The van der Waals surface area contributed by atoms with Gasteiger partial charge in [-0.05, 0) is 35.4 Å². The Bertz CT molecular complexity index is 449. The van der Waals surface area contributed by atoms with E-state index in [-0.39, 0.29) is 0 Å². The largest absolute Gasteiger partial charge is 0.313 e. The minimum absolute atomic E-state index is 0.458. The smallest absolute Gasteiger partial charge is 0.0492 e. The quantitative estimate of drug-likeness (QED) is 0.841. The summed E-state index contributed by atoms with van der Waals surface area (Å²) in [5, 5.41) is 12.5. The third kappa shape index (κ3) is 4.00. The van der Waals surface area contributed by atoms with E-state index in [1.165, 1.54) is 5.06 Å². The summed E-state index contributed by atoms with van der Waals surface area (Å²) in [6.45, 7) is 0.916. The highest BCUT2D eigenvalue weighted by atomic mass is 35.5. The molecule has 0 bridgehead atoms. The van der Waals surface area contributed by atoms with Gasteiger partial charge in [-0.15, -0.1) is 0 Å². The van der Waals surface area contributed by atoms with E-state index in [2.05, 4.69) is 0 Å². The Morgan fingerprint density at radius 2 is 1.06 bits per heavy atom. The van der Waals surface area contributed by atoms with Gasteiger partial charge in [-0.25, -0.2) is 0 Å². The van der Waals surface area contributed by atoms with Crippen LogP contribution in [0.1, 0.15) is 11.1 Å². The number of halogens is 2. The first-order chi connectivity index (χ1) is 8.63. The molecule has 4 heteroatoms. The molecule has 2 aromatic carbocycles. The van der Waals surface area contributed by atoms with Gasteiger partial charge in [0.2, 0.25) is 0 Å². The lowest BCUT2D eigenvalue weighted by molar-refractivity contribution is -0.108. The topological polar surface area (TPSA) is 23.5 Å². The molecule has 18 heavy (non-hydrogen) atoms. The van der Waals surface area contributed by atoms with Gasteiger partial charge in [0, 0.05) is 23.1 Å². The van der Waals surface area contributed by atoms with Gasteiger partial charge in [-0.2, -0.15) is 5.06 Å². The summed E-state index contributed by atoms with van der Waals surface area (Å²) in [5.74, 6) is 0. The van der Waals surface area contributed by atoms with Gasteiger partial charge in [0.15, 0.2) is 0 Å². The number of benzene rings is 2. The van der Waals surface area contributed by atoms with Crippen molar-refractivity contribution in [3.63, 3.8) is 0 Å². The van der Waals surface area contributed by atoms with Gasteiger partial charge in [0.05, 0.1) is 0 Å². The van der Waals surface area contributed by atoms with Crippen molar-refractivity contribution in [1.82, 2.24) is 5.06 Å². The lowest BCUT2D eigenvalue weighted by atomic mass is 10.2. The predicted octanol–water partition coefficient (Wildman–Crippen LogP) is 4.38. The van der Waals surface area contributed by atoms with Crippen molar-refractivity contribution in [3.8, 4) is 0 Å². The zero-order valence-electron chi connectivity index (χ0n) is 9.68. The van der Waals surface area contributed by atoms with Gasteiger partial charge < -0.3 is 5.21 Å². The average molecular weight is 282 g/mol. The zero-order chi connectivity index (χ0) is 13.0. The van der Waals surface area contributed by atoms with E-state index >= 15 is 0 Å². The maximum absolute atomic E-state index is 9.86. The van der Waals surface area contributed by atoms with E-state index < -0.39 is 0 Å². The molecule has 0 saturated carbocycles. The Kier molecular flexibility index (Phi) is 4.61. The van der Waals surface area contributed by atoms with Crippen LogP contribution in [0.2, 0.25) is 10.0 Å². The number of hydrogen-bond acceptors (Lipinski definition) is 2. The van der Waals surface area contributed by atoms with Gasteiger partial charge in [-0.1, -0.05) is 47.5 Å². The minimum Gasteiger partial charge on any atom is -0.313 e. The Labute approximate surface area is 116 Å². The fraction of sp³-hybridized carbons (Fsp3) is 0.143. The monoisotopic (exact) mass is 281 g/mol. The van der Waals surface area contributed by atoms with Crippen LogP contribution >= 0.6 is 23.2 Å². The lowest BCUT2D eigenvalue weighted by Gasteiger charge is -2.15. The third-order valence-electron chi connectivity index (χ3n) is 2.56. The van der Waals surface area contributed by atoms with Crippen molar-refractivity contribution in [2.24, 2.45) is 0 Å². The van der Waals surface area contributed by atoms with E-state index in [0.717, 1.165) is 11.1 Å². The first kappa shape index (κ1) is 13.4. The first-order valence-corrected chi connectivity index (χ1v) is 6.32. The first-order valence-electron chi connectivity index (χ1n) is 5.56. The lowest BCUT2D eigenvalue weighted by Crippen LogP contribution is -2.17. The van der Waals surface area contributed by atoms with Crippen LogP contribution in [0.15, 0.2) is 48.5 Å². The Balaban J connectivity index is 1.94. The van der Waals surface area contributed by atoms with Crippen LogP contribution in [0.4, 0.5) is 0 Å². The molecule has 1 N–H and O–H groups in total. The van der Waals surface area contributed by atoms with Crippen LogP contribution in [0.25, 0.3) is 0 Å². The van der Waals surface area contributed by atoms with E-state index in [9.17, 15) is 5.21 Å². The Hall–Kier alpha value is -1.06. The van der Waals surface area contributed by atoms with Crippen LogP contribution in [0, 0.1) is 0 Å². The van der Waals surface area contributed by atoms with Crippen molar-refractivity contribution >= 4 is 23.2 Å². The highest BCUT2D eigenvalue weighted by Crippen LogP contribution is 2.14. The number of hydroxylamine groups is 2. The van der Waals surface area contributed by atoms with Gasteiger partial charge >= 0.3 is 0 Å². The molecule has 0 spiro atoms. The van der Waals surface area contributed by atoms with E-state index in [4.69, 9.17) is 23.2 Å². The number of rotatable bonds is 4. The standard InChI is InChI=1S/C14H13Cl2NO/c15-13-5-1-11(2-6-13)9-17(18)10-12-3-7-14(16)8-4-12/h1-8,18H,9-10H2. The van der Waals surface area contributed by atoms with Crippen LogP contribution < -0.4 is 0 Å². The van der Waals surface area contributed by atoms with Crippen molar-refractivity contribution in [2.45, 2.75) is 13.1 Å². The van der Waals surface area contributed by atoms with Crippen molar-refractivity contribution in [2.75, 3.05) is 0 Å². The minimum atomic E-state index is 0.458. The molecule has 2 rings (SSSR count). The summed E-state index contributed by atoms with van der Waals surface area (Å²) in [5.41, 5.74) is 2.02. The van der Waals surface area contributed by atoms with Crippen molar-refractivity contribution < 1.29 is 5.21 Å². The second kappa shape index (κ2) is 6.21. The predicted molar refractivity (Wildman–Crippen MR) is 73.9 cm³/mol. The normalized spacial score (nSPS) is 10.9. The molecule has 0 radical (unpaired) electrons. The summed E-state index contributed by atoms with van der Waals surface area (Å²) in [7, 11) is 0. The van der Waals surface area contributed by atoms with Crippen LogP contribution in [0.5, 0.6) is 0 Å². The molecule has 0 unspecified atom stereocenters. The van der Waals surface area contributed by atoms with Crippen molar-refractivity contribution in [1.29, 1.82) is 0 Å². The molecule has 0 atom stereocenters. The molecule has 2 aromatic rings. The second-order valence-corrected chi connectivity index (χ2v) is 4.95. The van der Waals surface area contributed by atoms with Gasteiger partial charge in [0.25, 0.3) is 0 Å². The molecule has 0 aromatic heterocycles. The molecule has 0 amide bonds. The highest BCUT2D eigenvalue weighted by Gasteiger charge is 2.03. The third-order valence-corrected chi connectivity index (χ3v) is 3.06. The number of nitrogens with zero attached hydrogens (tertiary/aromatic N) is 1. The Morgan fingerprint density at radius 1 is 0.722 bits per heavy atom. The molecule has 2 nitrogen and oxygen atoms in total. The molecular formula is C14H13Cl2NO. The van der Waals surface area contributed by atoms with E-state index in [1.807, 2.05) is 48.5 Å². The van der Waals surface area contributed by atoms with Crippen molar-refractivity contribution in [3.05, 3.63) is 69.7 Å². The fourth-order valence-electron chi connectivity index (χ4n) is 1.66.